The van der Waals surface area contributed by atoms with Gasteiger partial charge >= 0.3 is 20.4 Å². The molecule has 0 spiro atoms. The summed E-state index contributed by atoms with van der Waals surface area (Å²) in [4.78, 5) is 30.3. The van der Waals surface area contributed by atoms with Crippen LogP contribution in [0.1, 0.15) is 74.6 Å². The fourth-order valence-corrected chi connectivity index (χ4v) is 3.85. The van der Waals surface area contributed by atoms with E-state index in [2.05, 4.69) is 31.2 Å². The number of Topliss-reactive ketones (excluding diaryl/α,β-unsaturated/α-hetero) is 1. The van der Waals surface area contributed by atoms with Crippen LogP contribution in [0.25, 0.3) is 0 Å². The number of furan rings is 1. The van der Waals surface area contributed by atoms with Crippen LogP contribution in [0.5, 0.6) is 0 Å². The normalized spacial score (nSPS) is 16.4. The molecule has 6 nitrogen and oxygen atoms in total. The van der Waals surface area contributed by atoms with Gasteiger partial charge in [-0.2, -0.15) is 0 Å². The second-order valence-corrected chi connectivity index (χ2v) is 7.10. The molecule has 0 saturated carbocycles. The Morgan fingerprint density at radius 3 is 2.17 bits per heavy atom. The smallest absolute Gasteiger partial charge is 0.550 e. The first-order valence-electron chi connectivity index (χ1n) is 9.72. The SMILES string of the molecule is CC(=O)[O-].CC(=O)[O-].CCCC1(CC(=O)c2ccco2)CCCc2ccccc21.[Pd+2]. The van der Waals surface area contributed by atoms with Gasteiger partial charge in [0.25, 0.3) is 0 Å². The van der Waals surface area contributed by atoms with Gasteiger partial charge in [0.05, 0.1) is 6.26 Å². The second-order valence-electron chi connectivity index (χ2n) is 7.10. The van der Waals surface area contributed by atoms with Gasteiger partial charge in [-0.1, -0.05) is 37.6 Å². The minimum Gasteiger partial charge on any atom is -0.550 e. The van der Waals surface area contributed by atoms with E-state index in [0.717, 1.165) is 39.5 Å². The van der Waals surface area contributed by atoms with Crippen molar-refractivity contribution in [1.29, 1.82) is 0 Å². The Kier molecular flexibility index (Phi) is 12.9. The van der Waals surface area contributed by atoms with Gasteiger partial charge in [0, 0.05) is 23.8 Å². The molecule has 166 valence electrons. The van der Waals surface area contributed by atoms with Gasteiger partial charge in [0.1, 0.15) is 0 Å². The van der Waals surface area contributed by atoms with Crippen LogP contribution >= 0.6 is 0 Å². The first-order valence-corrected chi connectivity index (χ1v) is 9.72. The molecule has 30 heavy (non-hydrogen) atoms. The molecule has 1 heterocycles. The molecule has 0 fully saturated rings. The molecule has 2 aromatic rings. The molecule has 0 N–H and O–H groups in total. The van der Waals surface area contributed by atoms with Crippen LogP contribution in [0.2, 0.25) is 0 Å². The maximum absolute atomic E-state index is 12.6. The Morgan fingerprint density at radius 2 is 1.63 bits per heavy atom. The molecule has 0 aliphatic heterocycles. The average molecular weight is 507 g/mol. The van der Waals surface area contributed by atoms with E-state index in [0.29, 0.717) is 12.2 Å². The van der Waals surface area contributed by atoms with Gasteiger partial charge in [-0.05, 0) is 62.8 Å². The predicted molar refractivity (Wildman–Crippen MR) is 105 cm³/mol. The van der Waals surface area contributed by atoms with E-state index >= 15 is 0 Å². The van der Waals surface area contributed by atoms with E-state index in [-0.39, 0.29) is 31.6 Å². The van der Waals surface area contributed by atoms with E-state index < -0.39 is 11.9 Å². The third-order valence-electron chi connectivity index (χ3n) is 4.71. The molecule has 0 saturated heterocycles. The Balaban J connectivity index is 0.000000808. The van der Waals surface area contributed by atoms with E-state index in [9.17, 15) is 4.79 Å². The molecule has 1 aromatic heterocycles. The minimum atomic E-state index is -1.08. The van der Waals surface area contributed by atoms with Crippen LogP contribution in [-0.4, -0.2) is 17.7 Å². The van der Waals surface area contributed by atoms with E-state index in [1.807, 2.05) is 0 Å². The molecule has 7 heteroatoms. The molecule has 1 aliphatic rings. The Labute approximate surface area is 191 Å². The van der Waals surface area contributed by atoms with Gasteiger partial charge in [0.15, 0.2) is 11.5 Å². The third kappa shape index (κ3) is 9.06. The van der Waals surface area contributed by atoms with Crippen molar-refractivity contribution in [2.75, 3.05) is 0 Å². The van der Waals surface area contributed by atoms with Crippen molar-refractivity contribution >= 4 is 17.7 Å². The summed E-state index contributed by atoms with van der Waals surface area (Å²) >= 11 is 0. The van der Waals surface area contributed by atoms with Gasteiger partial charge in [-0.15, -0.1) is 0 Å². The fraction of sp³-hybridized carbons (Fsp3) is 0.435. The van der Waals surface area contributed by atoms with Gasteiger partial charge in [-0.3, -0.25) is 4.79 Å². The number of hydrogen-bond donors (Lipinski definition) is 0. The van der Waals surface area contributed by atoms with Crippen LogP contribution < -0.4 is 10.2 Å². The van der Waals surface area contributed by atoms with Crippen molar-refractivity contribution in [2.24, 2.45) is 0 Å². The molecule has 0 radical (unpaired) electrons. The summed E-state index contributed by atoms with van der Waals surface area (Å²) in [6, 6.07) is 12.2. The van der Waals surface area contributed by atoms with Crippen LogP contribution in [0.3, 0.4) is 0 Å². The zero-order chi connectivity index (χ0) is 21.9. The van der Waals surface area contributed by atoms with Crippen LogP contribution in [-0.2, 0) is 41.8 Å². The van der Waals surface area contributed by atoms with Crippen LogP contribution in [0.15, 0.2) is 47.1 Å². The fourth-order valence-electron chi connectivity index (χ4n) is 3.85. The number of ketones is 1. The van der Waals surface area contributed by atoms with Crippen molar-refractivity contribution in [3.63, 3.8) is 0 Å². The summed E-state index contributed by atoms with van der Waals surface area (Å²) in [6.45, 7) is 4.15. The molecular formula is C23H28O6Pd. The number of aryl methyl sites for hydroxylation is 1. The summed E-state index contributed by atoms with van der Waals surface area (Å²) in [6.07, 6.45) is 7.71. The van der Waals surface area contributed by atoms with Crippen LogP contribution in [0, 0.1) is 0 Å². The van der Waals surface area contributed by atoms with Crippen molar-refractivity contribution in [2.45, 2.75) is 64.7 Å². The number of aliphatic carboxylic acids is 2. The van der Waals surface area contributed by atoms with Crippen molar-refractivity contribution in [1.82, 2.24) is 0 Å². The average Bonchev–Trinajstić information content (AvgIpc) is 3.16. The van der Waals surface area contributed by atoms with Gasteiger partial charge in [-0.25, -0.2) is 0 Å². The van der Waals surface area contributed by atoms with Crippen molar-refractivity contribution in [3.8, 4) is 0 Å². The Hall–Kier alpha value is -2.23. The number of carbonyl (C=O) groups excluding carboxylic acids is 3. The van der Waals surface area contributed by atoms with Gasteiger partial charge in [0.2, 0.25) is 0 Å². The quantitative estimate of drug-likeness (QED) is 0.455. The first-order chi connectivity index (χ1) is 13.7. The zero-order valence-electron chi connectivity index (χ0n) is 17.5. The number of rotatable bonds is 5. The second kappa shape index (κ2) is 13.9. The maximum Gasteiger partial charge on any atom is 2.00 e. The monoisotopic (exact) mass is 506 g/mol. The maximum atomic E-state index is 12.6. The van der Waals surface area contributed by atoms with Gasteiger partial charge < -0.3 is 24.2 Å². The number of fused-ring (bicyclic) bond motifs is 1. The minimum absolute atomic E-state index is 0. The molecule has 0 bridgehead atoms. The number of carbonyl (C=O) groups is 3. The number of carboxylic acid groups (broad SMARTS) is 2. The summed E-state index contributed by atoms with van der Waals surface area (Å²) in [5, 5.41) is 17.8. The molecule has 1 atom stereocenters. The van der Waals surface area contributed by atoms with E-state index in [1.54, 1.807) is 18.4 Å². The van der Waals surface area contributed by atoms with E-state index in [1.165, 1.54) is 17.5 Å². The first kappa shape index (κ1) is 27.8. The standard InChI is InChI=1S/C19H22O2.2C2H4O2.Pd/c1-2-11-19(14-17(20)18-10-6-13-21-18)12-5-8-15-7-3-4-9-16(15)19;2*1-2(3)4;/h3-4,6-7,9-10,13H,2,5,8,11-12,14H2,1H3;2*1H3,(H,3,4);/q;;;+2/p-2. The van der Waals surface area contributed by atoms with Crippen molar-refractivity contribution < 1.29 is 49.4 Å². The predicted octanol–water partition coefficient (Wildman–Crippen LogP) is 2.44. The summed E-state index contributed by atoms with van der Waals surface area (Å²) in [5.41, 5.74) is 2.80. The summed E-state index contributed by atoms with van der Waals surface area (Å²) in [5.74, 6) is -1.54. The molecule has 1 unspecified atom stereocenters. The van der Waals surface area contributed by atoms with E-state index in [4.69, 9.17) is 24.2 Å². The molecular weight excluding hydrogens is 479 g/mol. The summed E-state index contributed by atoms with van der Waals surface area (Å²) < 4.78 is 5.30. The number of hydrogen-bond acceptors (Lipinski definition) is 6. The van der Waals surface area contributed by atoms with Crippen LogP contribution in [0.4, 0.5) is 0 Å². The Morgan fingerprint density at radius 1 is 1.03 bits per heavy atom. The third-order valence-corrected chi connectivity index (χ3v) is 4.71. The largest absolute Gasteiger partial charge is 2.00 e. The number of benzene rings is 1. The molecule has 3 rings (SSSR count). The number of carboxylic acids is 2. The van der Waals surface area contributed by atoms with Crippen molar-refractivity contribution in [3.05, 3.63) is 59.5 Å². The topological polar surface area (TPSA) is 110 Å². The zero-order valence-corrected chi connectivity index (χ0v) is 19.1. The molecule has 1 aromatic carbocycles. The Bertz CT molecular complexity index is 780. The molecule has 0 amide bonds. The summed E-state index contributed by atoms with van der Waals surface area (Å²) in [7, 11) is 0. The molecule has 1 aliphatic carbocycles.